The first kappa shape index (κ1) is 11.2. The molecule has 2 rings (SSSR count). The maximum atomic E-state index is 6.23. The van der Waals surface area contributed by atoms with Crippen molar-refractivity contribution in [2.24, 2.45) is 11.7 Å². The van der Waals surface area contributed by atoms with Crippen LogP contribution in [0.5, 0.6) is 0 Å². The van der Waals surface area contributed by atoms with Gasteiger partial charge in [0.2, 0.25) is 0 Å². The molecule has 0 aliphatic heterocycles. The Morgan fingerprint density at radius 2 is 2.20 bits per heavy atom. The molecule has 1 saturated carbocycles. The number of nitrogens with two attached hydrogens (primary N) is 1. The van der Waals surface area contributed by atoms with Gasteiger partial charge < -0.3 is 5.73 Å². The zero-order chi connectivity index (χ0) is 10.7. The Morgan fingerprint density at radius 1 is 1.47 bits per heavy atom. The third kappa shape index (κ3) is 2.82. The van der Waals surface area contributed by atoms with Crippen LogP contribution in [0, 0.1) is 12.8 Å². The summed E-state index contributed by atoms with van der Waals surface area (Å²) in [6, 6.07) is 2.47. The summed E-state index contributed by atoms with van der Waals surface area (Å²) < 4.78 is 0. The summed E-state index contributed by atoms with van der Waals surface area (Å²) in [6.07, 6.45) is 8.26. The average Bonchev–Trinajstić information content (AvgIpc) is 2.84. The van der Waals surface area contributed by atoms with Gasteiger partial charge >= 0.3 is 0 Å². The van der Waals surface area contributed by atoms with E-state index >= 15 is 0 Å². The van der Waals surface area contributed by atoms with Gasteiger partial charge in [0.25, 0.3) is 0 Å². The molecule has 1 heterocycles. The van der Waals surface area contributed by atoms with Gasteiger partial charge in [0.1, 0.15) is 0 Å². The fourth-order valence-electron chi connectivity index (χ4n) is 2.65. The van der Waals surface area contributed by atoms with Gasteiger partial charge in [-0.05, 0) is 42.7 Å². The highest BCUT2D eigenvalue weighted by atomic mass is 32.1. The molecule has 84 valence electrons. The van der Waals surface area contributed by atoms with E-state index in [2.05, 4.69) is 18.4 Å². The molecule has 1 aliphatic carbocycles. The van der Waals surface area contributed by atoms with E-state index in [0.717, 1.165) is 5.92 Å². The van der Waals surface area contributed by atoms with E-state index in [1.807, 2.05) is 11.3 Å². The predicted octanol–water partition coefficient (Wildman–Crippen LogP) is 4.03. The van der Waals surface area contributed by atoms with E-state index < -0.39 is 0 Å². The smallest absolute Gasteiger partial charge is 0.0305 e. The van der Waals surface area contributed by atoms with E-state index in [1.54, 1.807) is 0 Å². The molecule has 1 aliphatic rings. The average molecular weight is 223 g/mol. The van der Waals surface area contributed by atoms with Crippen LogP contribution in [0.1, 0.15) is 55.0 Å². The van der Waals surface area contributed by atoms with Gasteiger partial charge in [-0.25, -0.2) is 0 Å². The van der Waals surface area contributed by atoms with Crippen molar-refractivity contribution >= 4 is 11.3 Å². The number of rotatable bonds is 4. The van der Waals surface area contributed by atoms with Crippen LogP contribution in [0.2, 0.25) is 0 Å². The second-order valence-electron chi connectivity index (χ2n) is 4.77. The third-order valence-electron chi connectivity index (χ3n) is 3.66. The van der Waals surface area contributed by atoms with Crippen molar-refractivity contribution < 1.29 is 0 Å². The SMILES string of the molecule is Cc1sccc1C(N)CCC1CCCC1. The molecule has 1 aromatic rings. The van der Waals surface area contributed by atoms with Crippen molar-refractivity contribution in [3.05, 3.63) is 21.9 Å². The molecular formula is C13H21NS. The summed E-state index contributed by atoms with van der Waals surface area (Å²) in [5.74, 6) is 0.968. The number of hydrogen-bond acceptors (Lipinski definition) is 2. The van der Waals surface area contributed by atoms with Crippen LogP contribution in [0.15, 0.2) is 11.4 Å². The molecule has 0 saturated heterocycles. The third-order valence-corrected chi connectivity index (χ3v) is 4.52. The van der Waals surface area contributed by atoms with Crippen molar-refractivity contribution in [2.75, 3.05) is 0 Å². The van der Waals surface area contributed by atoms with Crippen LogP contribution in [0.25, 0.3) is 0 Å². The molecule has 0 bridgehead atoms. The van der Waals surface area contributed by atoms with Crippen LogP contribution < -0.4 is 5.73 Å². The topological polar surface area (TPSA) is 26.0 Å². The minimum absolute atomic E-state index is 0.275. The van der Waals surface area contributed by atoms with Crippen molar-refractivity contribution in [3.8, 4) is 0 Å². The van der Waals surface area contributed by atoms with Crippen molar-refractivity contribution in [3.63, 3.8) is 0 Å². The van der Waals surface area contributed by atoms with Gasteiger partial charge in [0, 0.05) is 10.9 Å². The van der Waals surface area contributed by atoms with Gasteiger partial charge in [-0.2, -0.15) is 0 Å². The molecule has 1 atom stereocenters. The zero-order valence-corrected chi connectivity index (χ0v) is 10.4. The molecule has 1 aromatic heterocycles. The lowest BCUT2D eigenvalue weighted by atomic mass is 9.96. The van der Waals surface area contributed by atoms with Crippen LogP contribution in [0.4, 0.5) is 0 Å². The fraction of sp³-hybridized carbons (Fsp3) is 0.692. The van der Waals surface area contributed by atoms with Gasteiger partial charge in [0.15, 0.2) is 0 Å². The highest BCUT2D eigenvalue weighted by Gasteiger charge is 2.17. The van der Waals surface area contributed by atoms with E-state index in [1.165, 1.54) is 49.0 Å². The number of hydrogen-bond donors (Lipinski definition) is 1. The van der Waals surface area contributed by atoms with E-state index in [0.29, 0.717) is 0 Å². The molecule has 1 unspecified atom stereocenters. The Balaban J connectivity index is 1.81. The van der Waals surface area contributed by atoms with Gasteiger partial charge in [-0.15, -0.1) is 11.3 Å². The summed E-state index contributed by atoms with van der Waals surface area (Å²) >= 11 is 1.81. The predicted molar refractivity (Wildman–Crippen MR) is 67.2 cm³/mol. The highest BCUT2D eigenvalue weighted by Crippen LogP contribution is 2.32. The Morgan fingerprint density at radius 3 is 2.80 bits per heavy atom. The second kappa shape index (κ2) is 5.13. The molecule has 1 nitrogen and oxygen atoms in total. The van der Waals surface area contributed by atoms with Crippen LogP contribution in [0.3, 0.4) is 0 Å². The van der Waals surface area contributed by atoms with Gasteiger partial charge in [-0.3, -0.25) is 0 Å². The first-order valence-electron chi connectivity index (χ1n) is 6.07. The highest BCUT2D eigenvalue weighted by molar-refractivity contribution is 7.10. The summed E-state index contributed by atoms with van der Waals surface area (Å²) in [5, 5.41) is 2.15. The quantitative estimate of drug-likeness (QED) is 0.819. The standard InChI is InChI=1S/C13H21NS/c1-10-12(8-9-15-10)13(14)7-6-11-4-2-3-5-11/h8-9,11,13H,2-7,14H2,1H3. The molecule has 1 fully saturated rings. The molecule has 0 radical (unpaired) electrons. The van der Waals surface area contributed by atoms with Crippen LogP contribution in [-0.2, 0) is 0 Å². The largest absolute Gasteiger partial charge is 0.324 e. The molecule has 0 amide bonds. The van der Waals surface area contributed by atoms with Crippen LogP contribution >= 0.6 is 11.3 Å². The summed E-state index contributed by atoms with van der Waals surface area (Å²) in [4.78, 5) is 1.40. The first-order valence-corrected chi connectivity index (χ1v) is 6.95. The Labute approximate surface area is 96.7 Å². The minimum Gasteiger partial charge on any atom is -0.324 e. The molecular weight excluding hydrogens is 202 g/mol. The fourth-order valence-corrected chi connectivity index (χ4v) is 3.42. The molecule has 2 heteroatoms. The van der Waals surface area contributed by atoms with Gasteiger partial charge in [-0.1, -0.05) is 25.7 Å². The van der Waals surface area contributed by atoms with Gasteiger partial charge in [0.05, 0.1) is 0 Å². The lowest BCUT2D eigenvalue weighted by molar-refractivity contribution is 0.454. The van der Waals surface area contributed by atoms with Crippen molar-refractivity contribution in [1.82, 2.24) is 0 Å². The first-order chi connectivity index (χ1) is 7.27. The van der Waals surface area contributed by atoms with Crippen molar-refractivity contribution in [1.29, 1.82) is 0 Å². The Kier molecular flexibility index (Phi) is 3.81. The summed E-state index contributed by atoms with van der Waals surface area (Å²) in [7, 11) is 0. The van der Waals surface area contributed by atoms with E-state index in [9.17, 15) is 0 Å². The maximum absolute atomic E-state index is 6.23. The number of aryl methyl sites for hydroxylation is 1. The lowest BCUT2D eigenvalue weighted by Gasteiger charge is -2.14. The Hall–Kier alpha value is -0.340. The Bertz CT molecular complexity index is 299. The zero-order valence-electron chi connectivity index (χ0n) is 9.54. The van der Waals surface area contributed by atoms with E-state index in [-0.39, 0.29) is 6.04 Å². The second-order valence-corrected chi connectivity index (χ2v) is 5.89. The molecule has 2 N–H and O–H groups in total. The maximum Gasteiger partial charge on any atom is 0.0305 e. The normalized spacial score (nSPS) is 19.6. The minimum atomic E-state index is 0.275. The molecule has 0 aromatic carbocycles. The summed E-state index contributed by atoms with van der Waals surface area (Å²) in [6.45, 7) is 2.18. The van der Waals surface area contributed by atoms with E-state index in [4.69, 9.17) is 5.73 Å². The number of thiophene rings is 1. The summed E-state index contributed by atoms with van der Waals surface area (Å²) in [5.41, 5.74) is 7.60. The molecule has 15 heavy (non-hydrogen) atoms. The molecule has 0 spiro atoms. The lowest BCUT2D eigenvalue weighted by Crippen LogP contribution is -2.11. The monoisotopic (exact) mass is 223 g/mol. The van der Waals surface area contributed by atoms with Crippen molar-refractivity contribution in [2.45, 2.75) is 51.5 Å². The van der Waals surface area contributed by atoms with Crippen LogP contribution in [-0.4, -0.2) is 0 Å².